The van der Waals surface area contributed by atoms with Gasteiger partial charge in [-0.25, -0.2) is 14.2 Å². The topological polar surface area (TPSA) is 175 Å². The van der Waals surface area contributed by atoms with Crippen LogP contribution in [0.1, 0.15) is 50.2 Å². The van der Waals surface area contributed by atoms with Crippen LogP contribution in [0.15, 0.2) is 65.4 Å². The second-order valence-electron chi connectivity index (χ2n) is 10.4. The largest absolute Gasteiger partial charge is 0.508 e. The molecule has 0 aliphatic heterocycles. The van der Waals surface area contributed by atoms with Crippen molar-refractivity contribution in [1.29, 1.82) is 0 Å². The SMILES string of the molecule is CCCOC(=O)CN(C)C(N)=NP(=O)(OCCCOC(=O)OCCCc1ccccc1)OCCCOC(=O)OCCCc1ccccc1. The van der Waals surface area contributed by atoms with Crippen LogP contribution < -0.4 is 5.73 Å². The average molecular weight is 694 g/mol. The van der Waals surface area contributed by atoms with Crippen molar-refractivity contribution in [2.24, 2.45) is 10.5 Å². The van der Waals surface area contributed by atoms with Gasteiger partial charge in [-0.15, -0.1) is 4.76 Å². The van der Waals surface area contributed by atoms with E-state index in [1.54, 1.807) is 0 Å². The van der Waals surface area contributed by atoms with Gasteiger partial charge in [-0.2, -0.15) is 0 Å². The molecule has 0 heterocycles. The number of nitrogens with two attached hydrogens (primary N) is 1. The summed E-state index contributed by atoms with van der Waals surface area (Å²) in [5.74, 6) is -0.820. The molecule has 0 bridgehead atoms. The van der Waals surface area contributed by atoms with E-state index in [4.69, 9.17) is 38.5 Å². The van der Waals surface area contributed by atoms with Crippen molar-refractivity contribution in [3.05, 3.63) is 71.8 Å². The number of carbonyl (C=O) groups is 3. The minimum atomic E-state index is -4.20. The van der Waals surface area contributed by atoms with Crippen LogP contribution in [-0.4, -0.2) is 89.0 Å². The molecule has 0 radical (unpaired) electrons. The van der Waals surface area contributed by atoms with Crippen molar-refractivity contribution in [2.75, 3.05) is 59.8 Å². The van der Waals surface area contributed by atoms with Crippen LogP contribution in [0.3, 0.4) is 0 Å². The van der Waals surface area contributed by atoms with Crippen LogP contribution >= 0.6 is 7.75 Å². The Morgan fingerprint density at radius 1 is 0.667 bits per heavy atom. The third-order valence-electron chi connectivity index (χ3n) is 6.32. The molecule has 0 aliphatic rings. The third-order valence-corrected chi connectivity index (χ3v) is 7.79. The van der Waals surface area contributed by atoms with E-state index in [1.165, 1.54) is 11.9 Å². The Hall–Kier alpha value is -4.13. The van der Waals surface area contributed by atoms with Gasteiger partial charge in [0, 0.05) is 19.9 Å². The molecule has 14 nitrogen and oxygen atoms in total. The first kappa shape index (κ1) is 40.0. The predicted molar refractivity (Wildman–Crippen MR) is 178 cm³/mol. The monoisotopic (exact) mass is 693 g/mol. The summed E-state index contributed by atoms with van der Waals surface area (Å²) in [4.78, 5) is 37.0. The number of rotatable bonds is 23. The molecule has 2 rings (SSSR count). The molecule has 266 valence electrons. The van der Waals surface area contributed by atoms with E-state index in [9.17, 15) is 18.9 Å². The number of carbonyl (C=O) groups excluding carboxylic acids is 3. The Morgan fingerprint density at radius 2 is 1.10 bits per heavy atom. The first-order chi connectivity index (χ1) is 23.2. The molecule has 2 N–H and O–H groups in total. The maximum atomic E-state index is 13.4. The lowest BCUT2D eigenvalue weighted by molar-refractivity contribution is -0.143. The molecule has 48 heavy (non-hydrogen) atoms. The summed E-state index contributed by atoms with van der Waals surface area (Å²) in [6, 6.07) is 19.6. The van der Waals surface area contributed by atoms with E-state index in [0.29, 0.717) is 19.3 Å². The molecule has 2 aromatic carbocycles. The van der Waals surface area contributed by atoms with Gasteiger partial charge in [0.25, 0.3) is 0 Å². The van der Waals surface area contributed by atoms with Crippen LogP contribution in [-0.2, 0) is 54.9 Å². The van der Waals surface area contributed by atoms with Crippen molar-refractivity contribution in [1.82, 2.24) is 4.90 Å². The molecule has 2 aromatic rings. The van der Waals surface area contributed by atoms with Gasteiger partial charge in [0.2, 0.25) is 5.96 Å². The standard InChI is InChI=1S/C33H48N3O11P/c1-3-20-41-30(37)27-36(2)31(34)35-48(40,46-25-12-23-44-32(38)42-21-10-18-28-14-6-4-7-15-28)47-26-13-24-45-33(39)43-22-11-19-29-16-8-5-9-17-29/h4-9,14-17H,3,10-13,18-27H2,1-2H3,(H2,34,35,40). The van der Waals surface area contributed by atoms with Crippen molar-refractivity contribution in [2.45, 2.75) is 51.9 Å². The number of guanidine groups is 1. The Kier molecular flexibility index (Phi) is 20.1. The lowest BCUT2D eigenvalue weighted by Gasteiger charge is -2.20. The molecule has 0 saturated carbocycles. The number of hydrogen-bond donors (Lipinski definition) is 1. The number of hydrogen-bond acceptors (Lipinski definition) is 11. The second kappa shape index (κ2) is 24.1. The summed E-state index contributed by atoms with van der Waals surface area (Å²) in [5.41, 5.74) is 8.26. The van der Waals surface area contributed by atoms with Crippen molar-refractivity contribution < 1.29 is 51.7 Å². The molecule has 0 amide bonds. The van der Waals surface area contributed by atoms with Crippen molar-refractivity contribution in [3.63, 3.8) is 0 Å². The van der Waals surface area contributed by atoms with Gasteiger partial charge in [0.05, 0.1) is 46.2 Å². The molecular weight excluding hydrogens is 645 g/mol. The number of benzene rings is 2. The Balaban J connectivity index is 1.75. The van der Waals surface area contributed by atoms with Crippen LogP contribution in [0.4, 0.5) is 9.59 Å². The molecule has 0 atom stereocenters. The summed E-state index contributed by atoms with van der Waals surface area (Å²) < 4.78 is 53.5. The quantitative estimate of drug-likeness (QED) is 0.0376. The zero-order chi connectivity index (χ0) is 34.9. The highest BCUT2D eigenvalue weighted by Gasteiger charge is 2.26. The van der Waals surface area contributed by atoms with Gasteiger partial charge in [0.15, 0.2) is 0 Å². The number of ether oxygens (including phenoxy) is 5. The third kappa shape index (κ3) is 18.9. The lowest BCUT2D eigenvalue weighted by Crippen LogP contribution is -2.38. The van der Waals surface area contributed by atoms with Crippen LogP contribution in [0.5, 0.6) is 0 Å². The van der Waals surface area contributed by atoms with Gasteiger partial charge in [-0.05, 0) is 43.2 Å². The fourth-order valence-corrected chi connectivity index (χ4v) is 5.17. The van der Waals surface area contributed by atoms with Gasteiger partial charge >= 0.3 is 26.0 Å². The highest BCUT2D eigenvalue weighted by Crippen LogP contribution is 2.50. The molecule has 0 aromatic heterocycles. The fraction of sp³-hybridized carbons (Fsp3) is 0.515. The zero-order valence-corrected chi connectivity index (χ0v) is 28.7. The molecule has 0 unspecified atom stereocenters. The molecule has 15 heteroatoms. The van der Waals surface area contributed by atoms with Crippen LogP contribution in [0, 0.1) is 0 Å². The maximum Gasteiger partial charge on any atom is 0.508 e. The van der Waals surface area contributed by atoms with E-state index < -0.39 is 26.0 Å². The van der Waals surface area contributed by atoms with Gasteiger partial charge in [0.1, 0.15) is 6.54 Å². The van der Waals surface area contributed by atoms with Gasteiger partial charge in [-0.3, -0.25) is 13.8 Å². The second-order valence-corrected chi connectivity index (χ2v) is 12.1. The number of esters is 1. The normalized spacial score (nSPS) is 11.4. The van der Waals surface area contributed by atoms with E-state index >= 15 is 0 Å². The van der Waals surface area contributed by atoms with Crippen molar-refractivity contribution >= 4 is 32.0 Å². The highest BCUT2D eigenvalue weighted by atomic mass is 31.2. The Morgan fingerprint density at radius 3 is 1.54 bits per heavy atom. The minimum absolute atomic E-state index is 0.0683. The minimum Gasteiger partial charge on any atom is -0.464 e. The summed E-state index contributed by atoms with van der Waals surface area (Å²) in [5, 5.41) is 0. The maximum absolute atomic E-state index is 13.4. The summed E-state index contributed by atoms with van der Waals surface area (Å²) >= 11 is 0. The number of nitrogens with zero attached hydrogens (tertiary/aromatic N) is 2. The van der Waals surface area contributed by atoms with E-state index in [2.05, 4.69) is 4.76 Å². The average Bonchev–Trinajstić information content (AvgIpc) is 3.08. The summed E-state index contributed by atoms with van der Waals surface area (Å²) in [7, 11) is -2.73. The van der Waals surface area contributed by atoms with Crippen LogP contribution in [0.2, 0.25) is 0 Å². The Bertz CT molecular complexity index is 1210. The molecule has 0 aliphatic carbocycles. The Labute approximate surface area is 282 Å². The fourth-order valence-electron chi connectivity index (χ4n) is 3.86. The molecule has 0 fully saturated rings. The van der Waals surface area contributed by atoms with E-state index in [0.717, 1.165) is 24.0 Å². The van der Waals surface area contributed by atoms with E-state index in [-0.39, 0.29) is 71.6 Å². The first-order valence-electron chi connectivity index (χ1n) is 16.0. The van der Waals surface area contributed by atoms with E-state index in [1.807, 2.05) is 67.6 Å². The molecule has 0 saturated heterocycles. The lowest BCUT2D eigenvalue weighted by atomic mass is 10.1. The first-order valence-corrected chi connectivity index (χ1v) is 17.5. The molecule has 0 spiro atoms. The van der Waals surface area contributed by atoms with Gasteiger partial charge in [-0.1, -0.05) is 67.6 Å². The van der Waals surface area contributed by atoms with Crippen LogP contribution in [0.25, 0.3) is 0 Å². The van der Waals surface area contributed by atoms with Gasteiger partial charge < -0.3 is 34.3 Å². The number of aryl methyl sites for hydroxylation is 2. The van der Waals surface area contributed by atoms with Crippen molar-refractivity contribution in [3.8, 4) is 0 Å². The molecular formula is C33H48N3O11P. The summed E-state index contributed by atoms with van der Waals surface area (Å²) in [6.07, 6.45) is 2.14. The summed E-state index contributed by atoms with van der Waals surface area (Å²) in [6.45, 7) is 1.82. The smallest absolute Gasteiger partial charge is 0.464 e. The highest BCUT2D eigenvalue weighted by molar-refractivity contribution is 7.52. The zero-order valence-electron chi connectivity index (χ0n) is 27.8. The number of likely N-dealkylation sites (N-methyl/N-ethyl adjacent to an activating group) is 1. The predicted octanol–water partition coefficient (Wildman–Crippen LogP) is 5.68.